The maximum atomic E-state index is 12.6. The fourth-order valence-electron chi connectivity index (χ4n) is 1.89. The van der Waals surface area contributed by atoms with Crippen molar-refractivity contribution in [3.63, 3.8) is 0 Å². The SMILES string of the molecule is C=CCN1C(=O)/C(=C\c2ccc(Br)o2)S/C1=N/c1nc(C)cs1. The molecule has 0 N–H and O–H groups in total. The third kappa shape index (κ3) is 3.65. The molecule has 0 atom stereocenters. The maximum Gasteiger partial charge on any atom is 0.267 e. The molecule has 1 fully saturated rings. The number of carbonyl (C=O) groups excluding carboxylic acids is 1. The third-order valence-corrected chi connectivity index (χ3v) is 5.15. The molecule has 0 saturated carbocycles. The monoisotopic (exact) mass is 409 g/mol. The summed E-state index contributed by atoms with van der Waals surface area (Å²) in [6, 6.07) is 3.58. The van der Waals surface area contributed by atoms with Gasteiger partial charge in [0.25, 0.3) is 5.91 Å². The van der Waals surface area contributed by atoms with Crippen LogP contribution < -0.4 is 0 Å². The lowest BCUT2D eigenvalue weighted by Gasteiger charge is -2.11. The molecule has 118 valence electrons. The second-order valence-corrected chi connectivity index (χ2v) is 7.25. The van der Waals surface area contributed by atoms with Gasteiger partial charge >= 0.3 is 0 Å². The summed E-state index contributed by atoms with van der Waals surface area (Å²) in [6.45, 7) is 6.01. The average Bonchev–Trinajstić information content (AvgIpc) is 3.17. The van der Waals surface area contributed by atoms with E-state index >= 15 is 0 Å². The number of hydrogen-bond donors (Lipinski definition) is 0. The molecule has 0 bridgehead atoms. The van der Waals surface area contributed by atoms with Crippen molar-refractivity contribution in [2.75, 3.05) is 6.54 Å². The highest BCUT2D eigenvalue weighted by molar-refractivity contribution is 9.10. The molecule has 2 aromatic rings. The number of amidine groups is 1. The highest BCUT2D eigenvalue weighted by Gasteiger charge is 2.33. The molecule has 23 heavy (non-hydrogen) atoms. The van der Waals surface area contributed by atoms with Crippen LogP contribution in [-0.4, -0.2) is 27.5 Å². The maximum absolute atomic E-state index is 12.6. The van der Waals surface area contributed by atoms with Crippen molar-refractivity contribution in [2.45, 2.75) is 6.92 Å². The zero-order valence-corrected chi connectivity index (χ0v) is 15.4. The summed E-state index contributed by atoms with van der Waals surface area (Å²) in [5, 5.41) is 3.16. The van der Waals surface area contributed by atoms with Crippen LogP contribution in [0.1, 0.15) is 11.5 Å². The third-order valence-electron chi connectivity index (χ3n) is 2.87. The number of thioether (sulfide) groups is 1. The van der Waals surface area contributed by atoms with Gasteiger partial charge in [0.05, 0.1) is 10.6 Å². The molecule has 0 radical (unpaired) electrons. The molecule has 2 aromatic heterocycles. The van der Waals surface area contributed by atoms with Crippen LogP contribution >= 0.6 is 39.0 Å². The van der Waals surface area contributed by atoms with E-state index in [-0.39, 0.29) is 5.91 Å². The Balaban J connectivity index is 1.93. The molecular formula is C15H12BrN3O2S2. The Morgan fingerprint density at radius 1 is 1.52 bits per heavy atom. The number of aliphatic imine (C=N–C) groups is 1. The minimum atomic E-state index is -0.116. The molecule has 1 amide bonds. The van der Waals surface area contributed by atoms with Crippen molar-refractivity contribution >= 4 is 61.3 Å². The zero-order valence-electron chi connectivity index (χ0n) is 12.2. The normalized spacial score (nSPS) is 18.3. The Morgan fingerprint density at radius 2 is 2.35 bits per heavy atom. The van der Waals surface area contributed by atoms with Crippen molar-refractivity contribution in [3.05, 3.63) is 51.2 Å². The summed E-state index contributed by atoms with van der Waals surface area (Å²) in [7, 11) is 0. The fraction of sp³-hybridized carbons (Fsp3) is 0.133. The van der Waals surface area contributed by atoms with Gasteiger partial charge in [-0.2, -0.15) is 4.99 Å². The van der Waals surface area contributed by atoms with Gasteiger partial charge in [-0.15, -0.1) is 17.9 Å². The van der Waals surface area contributed by atoms with E-state index in [1.165, 1.54) is 23.1 Å². The van der Waals surface area contributed by atoms with Crippen molar-refractivity contribution in [1.82, 2.24) is 9.88 Å². The Morgan fingerprint density at radius 3 is 2.96 bits per heavy atom. The van der Waals surface area contributed by atoms with Crippen molar-refractivity contribution in [3.8, 4) is 0 Å². The fourth-order valence-corrected chi connectivity index (χ4v) is 3.90. The van der Waals surface area contributed by atoms with E-state index in [4.69, 9.17) is 4.42 Å². The average molecular weight is 410 g/mol. The molecule has 1 saturated heterocycles. The van der Waals surface area contributed by atoms with Gasteiger partial charge in [-0.3, -0.25) is 9.69 Å². The molecular weight excluding hydrogens is 398 g/mol. The van der Waals surface area contributed by atoms with Gasteiger partial charge in [0.1, 0.15) is 5.76 Å². The smallest absolute Gasteiger partial charge is 0.267 e. The number of amides is 1. The second kappa shape index (κ2) is 6.86. The Bertz CT molecular complexity index is 822. The first-order valence-corrected chi connectivity index (χ1v) is 9.14. The molecule has 0 aliphatic carbocycles. The molecule has 1 aliphatic rings. The van der Waals surface area contributed by atoms with E-state index in [1.807, 2.05) is 12.3 Å². The van der Waals surface area contributed by atoms with Gasteiger partial charge in [-0.05, 0) is 46.7 Å². The standard InChI is InChI=1S/C15H12BrN3O2S2/c1-3-6-19-13(20)11(7-10-4-5-12(16)21-10)23-15(19)18-14-17-9(2)8-22-14/h3-5,7-8H,1,6H2,2H3/b11-7+,18-15+. The summed E-state index contributed by atoms with van der Waals surface area (Å²) in [4.78, 5) is 23.5. The van der Waals surface area contributed by atoms with Crippen LogP contribution in [-0.2, 0) is 4.79 Å². The highest BCUT2D eigenvalue weighted by atomic mass is 79.9. The van der Waals surface area contributed by atoms with Gasteiger partial charge in [-0.25, -0.2) is 4.98 Å². The second-order valence-electron chi connectivity index (χ2n) is 4.62. The molecule has 0 spiro atoms. The summed E-state index contributed by atoms with van der Waals surface area (Å²) in [6.07, 6.45) is 3.39. The number of halogens is 1. The van der Waals surface area contributed by atoms with Crippen molar-refractivity contribution < 1.29 is 9.21 Å². The Labute approximate surface area is 149 Å². The van der Waals surface area contributed by atoms with Crippen LogP contribution in [0.15, 0.2) is 49.2 Å². The van der Waals surface area contributed by atoms with Crippen molar-refractivity contribution in [2.24, 2.45) is 4.99 Å². The van der Waals surface area contributed by atoms with E-state index in [0.29, 0.717) is 32.2 Å². The van der Waals surface area contributed by atoms with Crippen LogP contribution in [0.4, 0.5) is 5.13 Å². The number of hydrogen-bond acceptors (Lipinski definition) is 6. The predicted molar refractivity (Wildman–Crippen MR) is 97.8 cm³/mol. The van der Waals surface area contributed by atoms with Gasteiger partial charge in [0.15, 0.2) is 9.84 Å². The molecule has 3 heterocycles. The van der Waals surface area contributed by atoms with Gasteiger partial charge in [0, 0.05) is 18.0 Å². The van der Waals surface area contributed by atoms with Gasteiger partial charge < -0.3 is 4.42 Å². The molecule has 1 aliphatic heterocycles. The van der Waals surface area contributed by atoms with Gasteiger partial charge in [-0.1, -0.05) is 6.08 Å². The summed E-state index contributed by atoms with van der Waals surface area (Å²) < 4.78 is 6.05. The number of aromatic nitrogens is 1. The van der Waals surface area contributed by atoms with Crippen molar-refractivity contribution in [1.29, 1.82) is 0 Å². The number of nitrogens with zero attached hydrogens (tertiary/aromatic N) is 3. The molecule has 8 heteroatoms. The number of rotatable bonds is 4. The molecule has 0 aromatic carbocycles. The minimum Gasteiger partial charge on any atom is -0.450 e. The molecule has 3 rings (SSSR count). The van der Waals surface area contributed by atoms with E-state index < -0.39 is 0 Å². The largest absolute Gasteiger partial charge is 0.450 e. The Kier molecular flexibility index (Phi) is 4.84. The predicted octanol–water partition coefficient (Wildman–Crippen LogP) is 4.60. The van der Waals surface area contributed by atoms with E-state index in [9.17, 15) is 4.79 Å². The Hall–Kier alpha value is -1.64. The highest BCUT2D eigenvalue weighted by Crippen LogP contribution is 2.35. The zero-order chi connectivity index (χ0) is 16.4. The topological polar surface area (TPSA) is 58.7 Å². The van der Waals surface area contributed by atoms with Gasteiger partial charge in [0.2, 0.25) is 5.13 Å². The lowest BCUT2D eigenvalue weighted by Crippen LogP contribution is -2.29. The van der Waals surface area contributed by atoms with E-state index in [2.05, 4.69) is 32.5 Å². The number of thiazole rings is 1. The lowest BCUT2D eigenvalue weighted by molar-refractivity contribution is -0.121. The van der Waals surface area contributed by atoms with E-state index in [0.717, 1.165) is 5.69 Å². The summed E-state index contributed by atoms with van der Waals surface area (Å²) >= 11 is 6.00. The molecule has 5 nitrogen and oxygen atoms in total. The summed E-state index contributed by atoms with van der Waals surface area (Å²) in [5.74, 6) is 0.493. The van der Waals surface area contributed by atoms with Crippen LogP contribution in [0.2, 0.25) is 0 Å². The lowest BCUT2D eigenvalue weighted by atomic mass is 10.3. The number of aryl methyl sites for hydroxylation is 1. The summed E-state index contributed by atoms with van der Waals surface area (Å²) in [5.41, 5.74) is 0.912. The van der Waals surface area contributed by atoms with Crippen LogP contribution in [0.3, 0.4) is 0 Å². The quantitative estimate of drug-likeness (QED) is 0.546. The van der Waals surface area contributed by atoms with Crippen LogP contribution in [0.5, 0.6) is 0 Å². The van der Waals surface area contributed by atoms with E-state index in [1.54, 1.807) is 29.2 Å². The van der Waals surface area contributed by atoms with Crippen LogP contribution in [0.25, 0.3) is 6.08 Å². The first-order valence-electron chi connectivity index (χ1n) is 6.65. The first kappa shape index (κ1) is 16.2. The first-order chi connectivity index (χ1) is 11.1. The minimum absolute atomic E-state index is 0.116. The number of furan rings is 1. The molecule has 0 unspecified atom stereocenters. The number of carbonyl (C=O) groups is 1. The van der Waals surface area contributed by atoms with Crippen LogP contribution in [0, 0.1) is 6.92 Å².